The van der Waals surface area contributed by atoms with Crippen LogP contribution in [0.25, 0.3) is 11.3 Å². The minimum Gasteiger partial charge on any atom is -0.480 e. The molecule has 1 aromatic heterocycles. The number of nitrogens with zero attached hydrogens (tertiary/aromatic N) is 2. The Morgan fingerprint density at radius 2 is 2.23 bits per heavy atom. The molecule has 1 atom stereocenters. The van der Waals surface area contributed by atoms with Crippen LogP contribution < -0.4 is 5.32 Å². The summed E-state index contributed by atoms with van der Waals surface area (Å²) in [5.41, 5.74) is 3.21. The van der Waals surface area contributed by atoms with Crippen molar-refractivity contribution in [2.24, 2.45) is 0 Å². The van der Waals surface area contributed by atoms with Gasteiger partial charge in [-0.05, 0) is 23.8 Å². The minimum absolute atomic E-state index is 0.479. The van der Waals surface area contributed by atoms with Crippen molar-refractivity contribution in [3.8, 4) is 11.3 Å². The van der Waals surface area contributed by atoms with Crippen molar-refractivity contribution >= 4 is 5.97 Å². The van der Waals surface area contributed by atoms with E-state index in [0.29, 0.717) is 13.1 Å². The average molecular weight is 297 g/mol. The van der Waals surface area contributed by atoms with Crippen LogP contribution in [-0.2, 0) is 11.3 Å². The molecule has 5 heteroatoms. The van der Waals surface area contributed by atoms with Gasteiger partial charge in [-0.2, -0.15) is 0 Å². The summed E-state index contributed by atoms with van der Waals surface area (Å²) in [7, 11) is 0. The van der Waals surface area contributed by atoms with Crippen molar-refractivity contribution in [1.29, 1.82) is 0 Å². The number of hydrogen-bond acceptors (Lipinski definition) is 4. The number of pyridine rings is 1. The van der Waals surface area contributed by atoms with Crippen LogP contribution in [-0.4, -0.2) is 46.6 Å². The van der Waals surface area contributed by atoms with Gasteiger partial charge in [0.1, 0.15) is 6.04 Å². The summed E-state index contributed by atoms with van der Waals surface area (Å²) in [6.07, 6.45) is 1.79. The summed E-state index contributed by atoms with van der Waals surface area (Å²) in [5.74, 6) is -0.785. The topological polar surface area (TPSA) is 65.5 Å². The second-order valence-corrected chi connectivity index (χ2v) is 5.50. The summed E-state index contributed by atoms with van der Waals surface area (Å²) in [6, 6.07) is 13.7. The quantitative estimate of drug-likeness (QED) is 0.897. The highest BCUT2D eigenvalue weighted by molar-refractivity contribution is 5.73. The maximum absolute atomic E-state index is 11.1. The predicted molar refractivity (Wildman–Crippen MR) is 84.4 cm³/mol. The SMILES string of the molecule is O=C(O)C1CN(Cc2cccc(-c3ccccn3)c2)CCN1. The van der Waals surface area contributed by atoms with Crippen LogP contribution in [0.1, 0.15) is 5.56 Å². The summed E-state index contributed by atoms with van der Waals surface area (Å²) in [4.78, 5) is 17.6. The molecule has 0 spiro atoms. The Morgan fingerprint density at radius 3 is 3.00 bits per heavy atom. The molecule has 2 heterocycles. The van der Waals surface area contributed by atoms with Gasteiger partial charge < -0.3 is 10.4 Å². The molecule has 1 aliphatic rings. The number of nitrogens with one attached hydrogen (secondary N) is 1. The highest BCUT2D eigenvalue weighted by Crippen LogP contribution is 2.19. The predicted octanol–water partition coefficient (Wildman–Crippen LogP) is 1.61. The highest BCUT2D eigenvalue weighted by atomic mass is 16.4. The van der Waals surface area contributed by atoms with Crippen LogP contribution in [0.5, 0.6) is 0 Å². The average Bonchev–Trinajstić information content (AvgIpc) is 2.56. The molecule has 3 rings (SSSR count). The molecule has 114 valence electrons. The van der Waals surface area contributed by atoms with Crippen LogP contribution >= 0.6 is 0 Å². The number of carboxylic acid groups (broad SMARTS) is 1. The van der Waals surface area contributed by atoms with Gasteiger partial charge in [-0.15, -0.1) is 0 Å². The van der Waals surface area contributed by atoms with Crippen molar-refractivity contribution in [3.05, 3.63) is 54.2 Å². The van der Waals surface area contributed by atoms with E-state index in [1.165, 1.54) is 5.56 Å². The van der Waals surface area contributed by atoms with Crippen molar-refractivity contribution < 1.29 is 9.90 Å². The third-order valence-corrected chi connectivity index (χ3v) is 3.85. The Balaban J connectivity index is 1.72. The number of carboxylic acids is 1. The standard InChI is InChI=1S/C17H19N3O2/c21-17(22)16-12-20(9-8-19-16)11-13-4-3-5-14(10-13)15-6-1-2-7-18-15/h1-7,10,16,19H,8-9,11-12H2,(H,21,22). The largest absolute Gasteiger partial charge is 0.480 e. The number of aromatic nitrogens is 1. The molecule has 2 aromatic rings. The van der Waals surface area contributed by atoms with E-state index < -0.39 is 12.0 Å². The third kappa shape index (κ3) is 3.50. The van der Waals surface area contributed by atoms with E-state index in [1.807, 2.05) is 30.3 Å². The zero-order chi connectivity index (χ0) is 15.4. The molecule has 1 saturated heterocycles. The van der Waals surface area contributed by atoms with Gasteiger partial charge in [-0.25, -0.2) is 0 Å². The molecule has 1 aromatic carbocycles. The Hall–Kier alpha value is -2.24. The molecule has 1 aliphatic heterocycles. The summed E-state index contributed by atoms with van der Waals surface area (Å²) in [5, 5.41) is 12.1. The first-order valence-corrected chi connectivity index (χ1v) is 7.41. The van der Waals surface area contributed by atoms with Crippen molar-refractivity contribution in [1.82, 2.24) is 15.2 Å². The molecule has 1 fully saturated rings. The molecular formula is C17H19N3O2. The molecule has 0 amide bonds. The molecule has 0 radical (unpaired) electrons. The number of benzene rings is 1. The second kappa shape index (κ2) is 6.68. The van der Waals surface area contributed by atoms with E-state index in [4.69, 9.17) is 5.11 Å². The molecule has 0 aliphatic carbocycles. The summed E-state index contributed by atoms with van der Waals surface area (Å²) in [6.45, 7) is 2.85. The molecule has 22 heavy (non-hydrogen) atoms. The van der Waals surface area contributed by atoms with E-state index in [9.17, 15) is 4.79 Å². The Bertz CT molecular complexity index is 645. The van der Waals surface area contributed by atoms with Crippen LogP contribution in [0.15, 0.2) is 48.7 Å². The zero-order valence-corrected chi connectivity index (χ0v) is 12.3. The zero-order valence-electron chi connectivity index (χ0n) is 12.3. The Kier molecular flexibility index (Phi) is 4.46. The number of rotatable bonds is 4. The lowest BCUT2D eigenvalue weighted by Gasteiger charge is -2.31. The first-order valence-electron chi connectivity index (χ1n) is 7.41. The van der Waals surface area contributed by atoms with E-state index in [2.05, 4.69) is 27.3 Å². The monoisotopic (exact) mass is 297 g/mol. The summed E-state index contributed by atoms with van der Waals surface area (Å²) < 4.78 is 0. The molecule has 0 bridgehead atoms. The van der Waals surface area contributed by atoms with Crippen LogP contribution in [0.2, 0.25) is 0 Å². The number of carbonyl (C=O) groups is 1. The minimum atomic E-state index is -0.785. The number of piperazine rings is 1. The normalized spacial score (nSPS) is 19.0. The summed E-state index contributed by atoms with van der Waals surface area (Å²) >= 11 is 0. The maximum atomic E-state index is 11.1. The van der Waals surface area contributed by atoms with Crippen LogP contribution in [0.4, 0.5) is 0 Å². The molecule has 5 nitrogen and oxygen atoms in total. The van der Waals surface area contributed by atoms with Gasteiger partial charge in [0.25, 0.3) is 0 Å². The molecule has 2 N–H and O–H groups in total. The lowest BCUT2D eigenvalue weighted by Crippen LogP contribution is -2.53. The smallest absolute Gasteiger partial charge is 0.322 e. The Morgan fingerprint density at radius 1 is 1.32 bits per heavy atom. The van der Waals surface area contributed by atoms with Gasteiger partial charge >= 0.3 is 5.97 Å². The van der Waals surface area contributed by atoms with E-state index in [0.717, 1.165) is 24.3 Å². The first-order chi connectivity index (χ1) is 10.7. The fourth-order valence-corrected chi connectivity index (χ4v) is 2.74. The van der Waals surface area contributed by atoms with Gasteiger partial charge in [0.15, 0.2) is 0 Å². The molecule has 0 saturated carbocycles. The number of hydrogen-bond donors (Lipinski definition) is 2. The molecule has 1 unspecified atom stereocenters. The lowest BCUT2D eigenvalue weighted by atomic mass is 10.1. The highest BCUT2D eigenvalue weighted by Gasteiger charge is 2.24. The second-order valence-electron chi connectivity index (χ2n) is 5.50. The van der Waals surface area contributed by atoms with Crippen molar-refractivity contribution in [2.75, 3.05) is 19.6 Å². The maximum Gasteiger partial charge on any atom is 0.322 e. The van der Waals surface area contributed by atoms with Crippen LogP contribution in [0.3, 0.4) is 0 Å². The van der Waals surface area contributed by atoms with Gasteiger partial charge in [0.05, 0.1) is 5.69 Å². The van der Waals surface area contributed by atoms with Crippen molar-refractivity contribution in [3.63, 3.8) is 0 Å². The van der Waals surface area contributed by atoms with E-state index in [1.54, 1.807) is 6.20 Å². The van der Waals surface area contributed by atoms with Crippen molar-refractivity contribution in [2.45, 2.75) is 12.6 Å². The first kappa shape index (κ1) is 14.7. The number of aliphatic carboxylic acids is 1. The van der Waals surface area contributed by atoms with Gasteiger partial charge in [-0.3, -0.25) is 14.7 Å². The third-order valence-electron chi connectivity index (χ3n) is 3.85. The fraction of sp³-hybridized carbons (Fsp3) is 0.294. The van der Waals surface area contributed by atoms with Gasteiger partial charge in [0, 0.05) is 37.9 Å². The van der Waals surface area contributed by atoms with Gasteiger partial charge in [-0.1, -0.05) is 24.3 Å². The van der Waals surface area contributed by atoms with Gasteiger partial charge in [0.2, 0.25) is 0 Å². The van der Waals surface area contributed by atoms with E-state index in [-0.39, 0.29) is 0 Å². The van der Waals surface area contributed by atoms with E-state index >= 15 is 0 Å². The lowest BCUT2D eigenvalue weighted by molar-refractivity contribution is -0.140. The molecular weight excluding hydrogens is 278 g/mol. The van der Waals surface area contributed by atoms with Crippen LogP contribution in [0, 0.1) is 0 Å². The fourth-order valence-electron chi connectivity index (χ4n) is 2.74. The Labute approximate surface area is 129 Å².